The Morgan fingerprint density at radius 2 is 1.95 bits per heavy atom. The highest BCUT2D eigenvalue weighted by molar-refractivity contribution is 9.10. The molecular weight excluding hydrogens is 346 g/mol. The van der Waals surface area contributed by atoms with Gasteiger partial charge in [0, 0.05) is 62.5 Å². The van der Waals surface area contributed by atoms with Gasteiger partial charge in [0.25, 0.3) is 0 Å². The van der Waals surface area contributed by atoms with E-state index in [4.69, 9.17) is 4.74 Å². The van der Waals surface area contributed by atoms with Crippen LogP contribution in [0.15, 0.2) is 22.8 Å². The molecule has 0 saturated carbocycles. The van der Waals surface area contributed by atoms with Crippen LogP contribution in [0.2, 0.25) is 0 Å². The molecule has 120 valence electrons. The summed E-state index contributed by atoms with van der Waals surface area (Å²) in [5.74, 6) is 0.498. The minimum atomic E-state index is 0.174. The molecule has 0 bridgehead atoms. The number of halogens is 1. The van der Waals surface area contributed by atoms with E-state index >= 15 is 0 Å². The lowest BCUT2D eigenvalue weighted by molar-refractivity contribution is -0.140. The zero-order valence-electron chi connectivity index (χ0n) is 12.7. The average molecular weight is 368 g/mol. The van der Waals surface area contributed by atoms with Crippen LogP contribution in [0.1, 0.15) is 18.5 Å². The molecule has 0 unspecified atom stereocenters. The molecule has 0 aliphatic carbocycles. The summed E-state index contributed by atoms with van der Waals surface area (Å²) < 4.78 is 6.34. The molecule has 22 heavy (non-hydrogen) atoms. The Kier molecular flexibility index (Phi) is 5.44. The molecule has 0 atom stereocenters. The number of nitrogens with zero attached hydrogens (tertiary/aromatic N) is 3. The number of carbonyl (C=O) groups excluding carboxylic acids is 1. The minimum absolute atomic E-state index is 0.174. The lowest BCUT2D eigenvalue weighted by atomic mass is 9.98. The van der Waals surface area contributed by atoms with Crippen LogP contribution in [0.4, 0.5) is 0 Å². The van der Waals surface area contributed by atoms with E-state index in [0.29, 0.717) is 5.91 Å². The highest BCUT2D eigenvalue weighted by Gasteiger charge is 2.28. The Balaban J connectivity index is 1.47. The first-order valence-corrected chi connectivity index (χ1v) is 8.71. The summed E-state index contributed by atoms with van der Waals surface area (Å²) in [4.78, 5) is 21.3. The second kappa shape index (κ2) is 7.53. The van der Waals surface area contributed by atoms with Crippen molar-refractivity contribution in [3.63, 3.8) is 0 Å². The number of ether oxygens (including phenoxy) is 1. The fourth-order valence-electron chi connectivity index (χ4n) is 3.06. The van der Waals surface area contributed by atoms with Crippen LogP contribution in [-0.2, 0) is 16.1 Å². The fraction of sp³-hybridized carbons (Fsp3) is 0.625. The molecule has 0 aromatic carbocycles. The Morgan fingerprint density at radius 1 is 1.23 bits per heavy atom. The second-order valence-electron chi connectivity index (χ2n) is 5.96. The zero-order chi connectivity index (χ0) is 15.4. The molecule has 3 heterocycles. The first-order valence-electron chi connectivity index (χ1n) is 7.92. The van der Waals surface area contributed by atoms with Crippen molar-refractivity contribution >= 4 is 21.8 Å². The van der Waals surface area contributed by atoms with Gasteiger partial charge in [0.1, 0.15) is 0 Å². The number of rotatable bonds is 3. The summed E-state index contributed by atoms with van der Waals surface area (Å²) >= 11 is 3.40. The van der Waals surface area contributed by atoms with Gasteiger partial charge in [-0.2, -0.15) is 0 Å². The Hall–Kier alpha value is -0.980. The van der Waals surface area contributed by atoms with Crippen molar-refractivity contribution in [2.24, 2.45) is 5.92 Å². The lowest BCUT2D eigenvalue weighted by Gasteiger charge is -2.37. The van der Waals surface area contributed by atoms with Crippen molar-refractivity contribution < 1.29 is 9.53 Å². The highest BCUT2D eigenvalue weighted by Crippen LogP contribution is 2.19. The standard InChI is InChI=1S/C16H22BrN3O2/c17-14-1-2-15(18-11-14)12-19-5-7-20(8-6-19)16(21)13-3-9-22-10-4-13/h1-2,11,13H,3-10,12H2. The SMILES string of the molecule is O=C(C1CCOCC1)N1CCN(Cc2ccc(Br)cn2)CC1. The third kappa shape index (κ3) is 4.06. The molecule has 2 saturated heterocycles. The Labute approximate surface area is 139 Å². The van der Waals surface area contributed by atoms with E-state index in [1.807, 2.05) is 23.2 Å². The quantitative estimate of drug-likeness (QED) is 0.818. The van der Waals surface area contributed by atoms with Gasteiger partial charge in [0.05, 0.1) is 5.69 Å². The van der Waals surface area contributed by atoms with Gasteiger partial charge in [-0.1, -0.05) is 0 Å². The summed E-state index contributed by atoms with van der Waals surface area (Å²) in [7, 11) is 0. The lowest BCUT2D eigenvalue weighted by Crippen LogP contribution is -2.50. The molecular formula is C16H22BrN3O2. The molecule has 0 spiro atoms. The van der Waals surface area contributed by atoms with Crippen molar-refractivity contribution in [1.82, 2.24) is 14.8 Å². The maximum Gasteiger partial charge on any atom is 0.225 e. The van der Waals surface area contributed by atoms with Crippen molar-refractivity contribution in [1.29, 1.82) is 0 Å². The van der Waals surface area contributed by atoms with Gasteiger partial charge in [-0.25, -0.2) is 0 Å². The van der Waals surface area contributed by atoms with Crippen LogP contribution >= 0.6 is 15.9 Å². The van der Waals surface area contributed by atoms with Gasteiger partial charge in [-0.3, -0.25) is 14.7 Å². The summed E-state index contributed by atoms with van der Waals surface area (Å²) in [6, 6.07) is 4.07. The first-order chi connectivity index (χ1) is 10.7. The Bertz CT molecular complexity index is 495. The third-order valence-electron chi connectivity index (χ3n) is 4.43. The number of carbonyl (C=O) groups is 1. The van der Waals surface area contributed by atoms with Crippen LogP contribution in [0.5, 0.6) is 0 Å². The van der Waals surface area contributed by atoms with E-state index in [9.17, 15) is 4.79 Å². The fourth-order valence-corrected chi connectivity index (χ4v) is 3.29. The number of hydrogen-bond acceptors (Lipinski definition) is 4. The summed E-state index contributed by atoms with van der Waals surface area (Å²) in [5, 5.41) is 0. The van der Waals surface area contributed by atoms with E-state index in [0.717, 1.165) is 68.9 Å². The molecule has 2 aliphatic rings. The molecule has 1 aromatic heterocycles. The normalized spacial score (nSPS) is 21.0. The number of hydrogen-bond donors (Lipinski definition) is 0. The van der Waals surface area contributed by atoms with Gasteiger partial charge in [0.15, 0.2) is 0 Å². The molecule has 0 radical (unpaired) electrons. The van der Waals surface area contributed by atoms with Crippen LogP contribution in [0.3, 0.4) is 0 Å². The third-order valence-corrected chi connectivity index (χ3v) is 4.90. The van der Waals surface area contributed by atoms with Crippen molar-refractivity contribution in [3.8, 4) is 0 Å². The monoisotopic (exact) mass is 367 g/mol. The van der Waals surface area contributed by atoms with Gasteiger partial charge >= 0.3 is 0 Å². The molecule has 1 aromatic rings. The van der Waals surface area contributed by atoms with Gasteiger partial charge in [0.2, 0.25) is 5.91 Å². The number of piperazine rings is 1. The van der Waals surface area contributed by atoms with Crippen LogP contribution < -0.4 is 0 Å². The smallest absolute Gasteiger partial charge is 0.225 e. The second-order valence-corrected chi connectivity index (χ2v) is 6.87. The zero-order valence-corrected chi connectivity index (χ0v) is 14.3. The summed E-state index contributed by atoms with van der Waals surface area (Å²) in [5.41, 5.74) is 1.08. The van der Waals surface area contributed by atoms with Crippen LogP contribution in [-0.4, -0.2) is 60.1 Å². The minimum Gasteiger partial charge on any atom is -0.381 e. The van der Waals surface area contributed by atoms with Crippen molar-refractivity contribution in [3.05, 3.63) is 28.5 Å². The molecule has 2 fully saturated rings. The highest BCUT2D eigenvalue weighted by atomic mass is 79.9. The van der Waals surface area contributed by atoms with Crippen LogP contribution in [0.25, 0.3) is 0 Å². The van der Waals surface area contributed by atoms with Gasteiger partial charge in [-0.15, -0.1) is 0 Å². The predicted octanol–water partition coefficient (Wildman–Crippen LogP) is 1.91. The van der Waals surface area contributed by atoms with Gasteiger partial charge in [-0.05, 0) is 40.9 Å². The maximum absolute atomic E-state index is 12.5. The van der Waals surface area contributed by atoms with E-state index in [1.54, 1.807) is 0 Å². The summed E-state index contributed by atoms with van der Waals surface area (Å²) in [6.07, 6.45) is 3.59. The largest absolute Gasteiger partial charge is 0.381 e. The molecule has 0 N–H and O–H groups in total. The van der Waals surface area contributed by atoms with E-state index < -0.39 is 0 Å². The first kappa shape index (κ1) is 15.9. The predicted molar refractivity (Wildman–Crippen MR) is 87.3 cm³/mol. The number of amides is 1. The van der Waals surface area contributed by atoms with Crippen molar-refractivity contribution in [2.45, 2.75) is 19.4 Å². The molecule has 5 nitrogen and oxygen atoms in total. The van der Waals surface area contributed by atoms with Crippen LogP contribution in [0, 0.1) is 5.92 Å². The summed E-state index contributed by atoms with van der Waals surface area (Å²) in [6.45, 7) is 5.81. The van der Waals surface area contributed by atoms with E-state index in [-0.39, 0.29) is 5.92 Å². The number of pyridine rings is 1. The van der Waals surface area contributed by atoms with E-state index in [1.165, 1.54) is 0 Å². The molecule has 6 heteroatoms. The van der Waals surface area contributed by atoms with Crippen molar-refractivity contribution in [2.75, 3.05) is 39.4 Å². The average Bonchev–Trinajstić information content (AvgIpc) is 2.58. The maximum atomic E-state index is 12.5. The molecule has 1 amide bonds. The topological polar surface area (TPSA) is 45.7 Å². The Morgan fingerprint density at radius 3 is 2.59 bits per heavy atom. The number of aromatic nitrogens is 1. The van der Waals surface area contributed by atoms with E-state index in [2.05, 4.69) is 25.8 Å². The molecule has 2 aliphatic heterocycles. The molecule has 3 rings (SSSR count). The van der Waals surface area contributed by atoms with Gasteiger partial charge < -0.3 is 9.64 Å².